The first-order chi connectivity index (χ1) is 14.5. The molecule has 1 aromatic heterocycles. The van der Waals surface area contributed by atoms with Crippen molar-refractivity contribution in [2.45, 2.75) is 20.3 Å². The second kappa shape index (κ2) is 8.00. The van der Waals surface area contributed by atoms with Gasteiger partial charge in [0.25, 0.3) is 5.19 Å². The van der Waals surface area contributed by atoms with Crippen LogP contribution >= 0.6 is 11.3 Å². The van der Waals surface area contributed by atoms with Gasteiger partial charge in [0.1, 0.15) is 5.75 Å². The van der Waals surface area contributed by atoms with E-state index in [4.69, 9.17) is 4.74 Å². The number of hydrogen-bond acceptors (Lipinski definition) is 5. The van der Waals surface area contributed by atoms with E-state index < -0.39 is 0 Å². The van der Waals surface area contributed by atoms with E-state index in [1.807, 2.05) is 23.1 Å². The summed E-state index contributed by atoms with van der Waals surface area (Å²) in [4.78, 5) is 20.7. The van der Waals surface area contributed by atoms with Crippen molar-refractivity contribution in [3.8, 4) is 10.9 Å². The van der Waals surface area contributed by atoms with Gasteiger partial charge in [-0.2, -0.15) is 0 Å². The molecular weight excluding hydrogens is 394 g/mol. The van der Waals surface area contributed by atoms with E-state index in [0.717, 1.165) is 55.1 Å². The molecular formula is C24H27N3O2S. The van der Waals surface area contributed by atoms with Crippen LogP contribution in [0.25, 0.3) is 10.2 Å². The van der Waals surface area contributed by atoms with Crippen molar-refractivity contribution in [2.24, 2.45) is 11.8 Å². The number of aromatic nitrogens is 1. The van der Waals surface area contributed by atoms with Crippen molar-refractivity contribution in [2.75, 3.05) is 32.7 Å². The monoisotopic (exact) mass is 421 g/mol. The molecule has 3 aromatic rings. The standard InChI is InChI=1S/C24H27N3O2S/c1-16-3-8-22-23(11-16)30-24(25-22)29-21-6-4-18(5-7-21)9-10-26-12-19-14-27(17(2)28)15-20(19)13-26/h3-8,11,19-20H,9-10,12-15H2,1-2H3. The summed E-state index contributed by atoms with van der Waals surface area (Å²) in [5.74, 6) is 2.36. The van der Waals surface area contributed by atoms with Gasteiger partial charge in [-0.1, -0.05) is 29.5 Å². The number of hydrogen-bond donors (Lipinski definition) is 0. The molecule has 5 rings (SSSR count). The fourth-order valence-electron chi connectivity index (χ4n) is 4.70. The molecule has 2 unspecified atom stereocenters. The van der Waals surface area contributed by atoms with Gasteiger partial charge in [0.15, 0.2) is 0 Å². The van der Waals surface area contributed by atoms with E-state index >= 15 is 0 Å². The molecule has 0 aliphatic carbocycles. The van der Waals surface area contributed by atoms with E-state index in [-0.39, 0.29) is 5.91 Å². The van der Waals surface area contributed by atoms with E-state index in [1.165, 1.54) is 11.1 Å². The van der Waals surface area contributed by atoms with E-state index in [0.29, 0.717) is 17.0 Å². The highest BCUT2D eigenvalue weighted by Crippen LogP contribution is 2.33. The van der Waals surface area contributed by atoms with Crippen LogP contribution in [0.5, 0.6) is 10.9 Å². The number of carbonyl (C=O) groups is 1. The maximum atomic E-state index is 11.6. The molecule has 2 atom stereocenters. The van der Waals surface area contributed by atoms with Gasteiger partial charge in [-0.25, -0.2) is 4.98 Å². The third-order valence-corrected chi connectivity index (χ3v) is 7.27. The van der Waals surface area contributed by atoms with Gasteiger partial charge in [0.2, 0.25) is 5.91 Å². The van der Waals surface area contributed by atoms with Crippen LogP contribution < -0.4 is 4.74 Å². The lowest BCUT2D eigenvalue weighted by atomic mass is 10.0. The molecule has 5 nitrogen and oxygen atoms in total. The zero-order valence-electron chi connectivity index (χ0n) is 17.5. The third kappa shape index (κ3) is 4.07. The van der Waals surface area contributed by atoms with Gasteiger partial charge in [0, 0.05) is 39.6 Å². The number of likely N-dealkylation sites (tertiary alicyclic amines) is 2. The molecule has 1 amide bonds. The van der Waals surface area contributed by atoms with Gasteiger partial charge in [-0.3, -0.25) is 4.79 Å². The van der Waals surface area contributed by atoms with E-state index in [2.05, 4.69) is 41.1 Å². The average Bonchev–Trinajstić information content (AvgIpc) is 3.39. The predicted octanol–water partition coefficient (Wildman–Crippen LogP) is 4.35. The van der Waals surface area contributed by atoms with Crippen molar-refractivity contribution in [1.29, 1.82) is 0 Å². The first-order valence-electron chi connectivity index (χ1n) is 10.7. The summed E-state index contributed by atoms with van der Waals surface area (Å²) < 4.78 is 7.14. The Morgan fingerprint density at radius 1 is 1.10 bits per heavy atom. The van der Waals surface area contributed by atoms with Crippen LogP contribution in [0, 0.1) is 18.8 Å². The van der Waals surface area contributed by atoms with Crippen molar-refractivity contribution in [3.05, 3.63) is 53.6 Å². The molecule has 2 aliphatic rings. The first-order valence-corrected chi connectivity index (χ1v) is 11.5. The second-order valence-electron chi connectivity index (χ2n) is 8.65. The van der Waals surface area contributed by atoms with Crippen molar-refractivity contribution >= 4 is 27.5 Å². The molecule has 0 spiro atoms. The Balaban J connectivity index is 1.14. The van der Waals surface area contributed by atoms with Crippen LogP contribution in [-0.4, -0.2) is 53.4 Å². The molecule has 6 heteroatoms. The highest BCUT2D eigenvalue weighted by molar-refractivity contribution is 7.20. The number of fused-ring (bicyclic) bond motifs is 2. The summed E-state index contributed by atoms with van der Waals surface area (Å²) in [6.07, 6.45) is 1.04. The van der Waals surface area contributed by atoms with Crippen LogP contribution in [0.3, 0.4) is 0 Å². The van der Waals surface area contributed by atoms with E-state index in [1.54, 1.807) is 18.3 Å². The number of rotatable bonds is 5. The van der Waals surface area contributed by atoms with Crippen molar-refractivity contribution in [1.82, 2.24) is 14.8 Å². The van der Waals surface area contributed by atoms with Gasteiger partial charge < -0.3 is 14.5 Å². The fourth-order valence-corrected chi connectivity index (χ4v) is 5.63. The number of nitrogens with zero attached hydrogens (tertiary/aromatic N) is 3. The first kappa shape index (κ1) is 19.5. The number of benzene rings is 2. The molecule has 0 radical (unpaired) electrons. The molecule has 156 valence electrons. The fraction of sp³-hybridized carbons (Fsp3) is 0.417. The molecule has 0 saturated carbocycles. The lowest BCUT2D eigenvalue weighted by Crippen LogP contribution is -2.32. The van der Waals surface area contributed by atoms with E-state index in [9.17, 15) is 4.79 Å². The summed E-state index contributed by atoms with van der Waals surface area (Å²) in [5.41, 5.74) is 3.54. The summed E-state index contributed by atoms with van der Waals surface area (Å²) >= 11 is 1.58. The maximum Gasteiger partial charge on any atom is 0.279 e. The normalized spacial score (nSPS) is 21.3. The summed E-state index contributed by atoms with van der Waals surface area (Å²) in [7, 11) is 0. The SMILES string of the molecule is CC(=O)N1CC2CN(CCc3ccc(Oc4nc5ccc(C)cc5s4)cc3)CC2C1. The summed E-state index contributed by atoms with van der Waals surface area (Å²) in [6.45, 7) is 8.96. The number of amides is 1. The molecule has 0 N–H and O–H groups in total. The molecule has 2 fully saturated rings. The lowest BCUT2D eigenvalue weighted by Gasteiger charge is -2.20. The van der Waals surface area contributed by atoms with Crippen LogP contribution in [0.1, 0.15) is 18.1 Å². The van der Waals surface area contributed by atoms with Gasteiger partial charge in [-0.15, -0.1) is 0 Å². The largest absolute Gasteiger partial charge is 0.431 e. The predicted molar refractivity (Wildman–Crippen MR) is 120 cm³/mol. The highest BCUT2D eigenvalue weighted by atomic mass is 32.1. The minimum absolute atomic E-state index is 0.221. The smallest absolute Gasteiger partial charge is 0.279 e. The Labute approximate surface area is 181 Å². The Morgan fingerprint density at radius 3 is 2.53 bits per heavy atom. The number of aryl methyl sites for hydroxylation is 1. The minimum Gasteiger partial charge on any atom is -0.431 e. The number of ether oxygens (including phenoxy) is 1. The number of thiazole rings is 1. The van der Waals surface area contributed by atoms with Crippen LogP contribution in [-0.2, 0) is 11.2 Å². The Morgan fingerprint density at radius 2 is 1.83 bits per heavy atom. The second-order valence-corrected chi connectivity index (χ2v) is 9.64. The van der Waals surface area contributed by atoms with Gasteiger partial charge >= 0.3 is 0 Å². The molecule has 30 heavy (non-hydrogen) atoms. The zero-order chi connectivity index (χ0) is 20.7. The molecule has 3 heterocycles. The van der Waals surface area contributed by atoms with Crippen molar-refractivity contribution in [3.63, 3.8) is 0 Å². The zero-order valence-corrected chi connectivity index (χ0v) is 18.3. The lowest BCUT2D eigenvalue weighted by molar-refractivity contribution is -0.128. The summed E-state index contributed by atoms with van der Waals surface area (Å²) in [6, 6.07) is 14.6. The molecule has 0 bridgehead atoms. The molecule has 2 aliphatic heterocycles. The Hall–Kier alpha value is -2.44. The average molecular weight is 422 g/mol. The highest BCUT2D eigenvalue weighted by Gasteiger charge is 2.40. The van der Waals surface area contributed by atoms with Crippen molar-refractivity contribution < 1.29 is 9.53 Å². The van der Waals surface area contributed by atoms with Crippen LogP contribution in [0.4, 0.5) is 0 Å². The third-order valence-electron chi connectivity index (χ3n) is 6.38. The van der Waals surface area contributed by atoms with Gasteiger partial charge in [0.05, 0.1) is 10.2 Å². The minimum atomic E-state index is 0.221. The topological polar surface area (TPSA) is 45.7 Å². The summed E-state index contributed by atoms with van der Waals surface area (Å²) in [5, 5.41) is 0.687. The quantitative estimate of drug-likeness (QED) is 0.614. The van der Waals surface area contributed by atoms with Crippen LogP contribution in [0.2, 0.25) is 0 Å². The number of carbonyl (C=O) groups excluding carboxylic acids is 1. The maximum absolute atomic E-state index is 11.6. The molecule has 2 aromatic carbocycles. The van der Waals surface area contributed by atoms with Gasteiger partial charge in [-0.05, 0) is 60.6 Å². The Bertz CT molecular complexity index is 1050. The Kier molecular flexibility index (Phi) is 5.21. The van der Waals surface area contributed by atoms with Crippen LogP contribution in [0.15, 0.2) is 42.5 Å². The molecule has 2 saturated heterocycles.